The average molecular weight is 276 g/mol. The fourth-order valence-corrected chi connectivity index (χ4v) is 2.21. The molecule has 1 aromatic carbocycles. The smallest absolute Gasteiger partial charge is 0.255 e. The molecule has 108 valence electrons. The number of hydrogen-bond donors (Lipinski definition) is 3. The summed E-state index contributed by atoms with van der Waals surface area (Å²) in [6.07, 6.45) is 1.67. The van der Waals surface area contributed by atoms with Gasteiger partial charge in [-0.3, -0.25) is 9.59 Å². The molecule has 6 heteroatoms. The van der Waals surface area contributed by atoms with Gasteiger partial charge in [0.15, 0.2) is 0 Å². The highest BCUT2D eigenvalue weighted by Crippen LogP contribution is 2.22. The molecule has 1 atom stereocenters. The van der Waals surface area contributed by atoms with Gasteiger partial charge in [-0.05, 0) is 31.0 Å². The number of amides is 2. The monoisotopic (exact) mass is 276 g/mol. The van der Waals surface area contributed by atoms with Crippen molar-refractivity contribution >= 4 is 23.2 Å². The van der Waals surface area contributed by atoms with E-state index in [4.69, 9.17) is 5.73 Å². The van der Waals surface area contributed by atoms with Crippen LogP contribution < -0.4 is 16.4 Å². The molecule has 0 bridgehead atoms. The average Bonchev–Trinajstić information content (AvgIpc) is 2.41. The Balaban J connectivity index is 2.27. The Kier molecular flexibility index (Phi) is 4.12. The SMILES string of the molecule is CN(C)C(=O)c1ccc(N)cc1NC1CCCNC1=O. The largest absolute Gasteiger partial charge is 0.399 e. The molecule has 0 aliphatic carbocycles. The third-order valence-corrected chi connectivity index (χ3v) is 3.30. The standard InChI is InChI=1S/C14H20N4O2/c1-18(2)14(20)10-6-5-9(15)8-12(10)17-11-4-3-7-16-13(11)19/h5-6,8,11,17H,3-4,7,15H2,1-2H3,(H,16,19). The topological polar surface area (TPSA) is 87.5 Å². The summed E-state index contributed by atoms with van der Waals surface area (Å²) in [5, 5.41) is 5.95. The summed E-state index contributed by atoms with van der Waals surface area (Å²) in [5.41, 5.74) is 7.45. The lowest BCUT2D eigenvalue weighted by molar-refractivity contribution is -0.123. The van der Waals surface area contributed by atoms with Crippen LogP contribution in [0.25, 0.3) is 0 Å². The van der Waals surface area contributed by atoms with E-state index in [0.29, 0.717) is 23.5 Å². The van der Waals surface area contributed by atoms with Crippen molar-refractivity contribution in [2.45, 2.75) is 18.9 Å². The summed E-state index contributed by atoms with van der Waals surface area (Å²) in [7, 11) is 3.38. The molecule has 2 amide bonds. The molecule has 0 saturated carbocycles. The summed E-state index contributed by atoms with van der Waals surface area (Å²) in [5.74, 6) is -0.161. The van der Waals surface area contributed by atoms with Crippen molar-refractivity contribution in [2.75, 3.05) is 31.7 Å². The van der Waals surface area contributed by atoms with Gasteiger partial charge in [-0.2, -0.15) is 0 Å². The van der Waals surface area contributed by atoms with E-state index in [-0.39, 0.29) is 17.9 Å². The van der Waals surface area contributed by atoms with E-state index in [1.807, 2.05) is 0 Å². The van der Waals surface area contributed by atoms with Crippen LogP contribution in [0.5, 0.6) is 0 Å². The fraction of sp³-hybridized carbons (Fsp3) is 0.429. The number of hydrogen-bond acceptors (Lipinski definition) is 4. The van der Waals surface area contributed by atoms with E-state index in [0.717, 1.165) is 12.8 Å². The molecule has 0 radical (unpaired) electrons. The Labute approximate surface area is 118 Å². The number of rotatable bonds is 3. The minimum atomic E-state index is -0.320. The maximum Gasteiger partial charge on any atom is 0.255 e. The molecule has 1 unspecified atom stereocenters. The van der Waals surface area contributed by atoms with E-state index >= 15 is 0 Å². The highest BCUT2D eigenvalue weighted by atomic mass is 16.2. The second-order valence-electron chi connectivity index (χ2n) is 5.13. The Morgan fingerprint density at radius 1 is 1.45 bits per heavy atom. The fourth-order valence-electron chi connectivity index (χ4n) is 2.21. The van der Waals surface area contributed by atoms with E-state index in [1.165, 1.54) is 4.90 Å². The first kappa shape index (κ1) is 14.2. The van der Waals surface area contributed by atoms with Gasteiger partial charge in [0.2, 0.25) is 5.91 Å². The first-order chi connectivity index (χ1) is 9.49. The van der Waals surface area contributed by atoms with Crippen LogP contribution in [0, 0.1) is 0 Å². The number of piperidine rings is 1. The van der Waals surface area contributed by atoms with Crippen LogP contribution in [0.4, 0.5) is 11.4 Å². The Bertz CT molecular complexity index is 528. The van der Waals surface area contributed by atoms with Crippen LogP contribution in [-0.2, 0) is 4.79 Å². The summed E-state index contributed by atoms with van der Waals surface area (Å²) in [6, 6.07) is 4.74. The normalized spacial score (nSPS) is 18.3. The minimum absolute atomic E-state index is 0.0399. The van der Waals surface area contributed by atoms with Crippen LogP contribution in [-0.4, -0.2) is 43.4 Å². The number of nitrogens with zero attached hydrogens (tertiary/aromatic N) is 1. The molecule has 4 N–H and O–H groups in total. The zero-order valence-corrected chi connectivity index (χ0v) is 11.8. The van der Waals surface area contributed by atoms with Crippen molar-refractivity contribution in [2.24, 2.45) is 0 Å². The highest BCUT2D eigenvalue weighted by Gasteiger charge is 2.23. The van der Waals surface area contributed by atoms with Crippen LogP contribution in [0.1, 0.15) is 23.2 Å². The summed E-state index contributed by atoms with van der Waals surface area (Å²) < 4.78 is 0. The molecule has 1 aliphatic heterocycles. The molecule has 0 aromatic heterocycles. The van der Waals surface area contributed by atoms with Gasteiger partial charge >= 0.3 is 0 Å². The molecular weight excluding hydrogens is 256 g/mol. The first-order valence-electron chi connectivity index (χ1n) is 6.64. The van der Waals surface area contributed by atoms with Gasteiger partial charge in [0, 0.05) is 32.0 Å². The van der Waals surface area contributed by atoms with Crippen LogP contribution in [0.2, 0.25) is 0 Å². The van der Waals surface area contributed by atoms with E-state index < -0.39 is 0 Å². The molecule has 1 saturated heterocycles. The summed E-state index contributed by atoms with van der Waals surface area (Å²) >= 11 is 0. The van der Waals surface area contributed by atoms with Gasteiger partial charge in [-0.25, -0.2) is 0 Å². The number of nitrogen functional groups attached to an aromatic ring is 1. The lowest BCUT2D eigenvalue weighted by Crippen LogP contribution is -2.44. The van der Waals surface area contributed by atoms with Crippen molar-refractivity contribution in [3.63, 3.8) is 0 Å². The molecule has 6 nitrogen and oxygen atoms in total. The van der Waals surface area contributed by atoms with Gasteiger partial charge < -0.3 is 21.3 Å². The minimum Gasteiger partial charge on any atom is -0.399 e. The zero-order valence-electron chi connectivity index (χ0n) is 11.8. The molecule has 0 spiro atoms. The van der Waals surface area contributed by atoms with Crippen molar-refractivity contribution in [3.8, 4) is 0 Å². The molecule has 1 aliphatic rings. The third-order valence-electron chi connectivity index (χ3n) is 3.30. The van der Waals surface area contributed by atoms with Crippen molar-refractivity contribution in [1.82, 2.24) is 10.2 Å². The van der Waals surface area contributed by atoms with Gasteiger partial charge in [0.05, 0.1) is 5.56 Å². The maximum absolute atomic E-state index is 12.1. The molecule has 2 rings (SSSR count). The zero-order chi connectivity index (χ0) is 14.7. The third kappa shape index (κ3) is 3.01. The maximum atomic E-state index is 12.1. The van der Waals surface area contributed by atoms with Gasteiger partial charge in [-0.15, -0.1) is 0 Å². The highest BCUT2D eigenvalue weighted by molar-refractivity contribution is 6.00. The van der Waals surface area contributed by atoms with Crippen molar-refractivity contribution < 1.29 is 9.59 Å². The second kappa shape index (κ2) is 5.81. The number of carbonyl (C=O) groups is 2. The second-order valence-corrected chi connectivity index (χ2v) is 5.13. The van der Waals surface area contributed by atoms with Crippen LogP contribution in [0.15, 0.2) is 18.2 Å². The quantitative estimate of drug-likeness (QED) is 0.708. The summed E-state index contributed by atoms with van der Waals surface area (Å²) in [6.45, 7) is 0.706. The number of nitrogens with two attached hydrogens (primary N) is 1. The van der Waals surface area contributed by atoms with Crippen LogP contribution in [0.3, 0.4) is 0 Å². The number of carbonyl (C=O) groups excluding carboxylic acids is 2. The van der Waals surface area contributed by atoms with Gasteiger partial charge in [-0.1, -0.05) is 0 Å². The molecule has 1 aromatic rings. The number of nitrogens with one attached hydrogen (secondary N) is 2. The Morgan fingerprint density at radius 3 is 2.85 bits per heavy atom. The lowest BCUT2D eigenvalue weighted by Gasteiger charge is -2.25. The van der Waals surface area contributed by atoms with Gasteiger partial charge in [0.25, 0.3) is 5.91 Å². The predicted octanol–water partition coefficient (Wildman–Crippen LogP) is 0.661. The Morgan fingerprint density at radius 2 is 2.20 bits per heavy atom. The molecule has 1 heterocycles. The lowest BCUT2D eigenvalue weighted by atomic mass is 10.0. The number of benzene rings is 1. The van der Waals surface area contributed by atoms with E-state index in [2.05, 4.69) is 10.6 Å². The number of anilines is 2. The molecular formula is C14H20N4O2. The molecule has 20 heavy (non-hydrogen) atoms. The van der Waals surface area contributed by atoms with Gasteiger partial charge in [0.1, 0.15) is 6.04 Å². The predicted molar refractivity (Wildman–Crippen MR) is 78.5 cm³/mol. The summed E-state index contributed by atoms with van der Waals surface area (Å²) in [4.78, 5) is 25.4. The van der Waals surface area contributed by atoms with Crippen molar-refractivity contribution in [3.05, 3.63) is 23.8 Å². The Hall–Kier alpha value is -2.24. The van der Waals surface area contributed by atoms with Crippen molar-refractivity contribution in [1.29, 1.82) is 0 Å². The molecule has 1 fully saturated rings. The van der Waals surface area contributed by atoms with E-state index in [1.54, 1.807) is 32.3 Å². The van der Waals surface area contributed by atoms with E-state index in [9.17, 15) is 9.59 Å². The first-order valence-corrected chi connectivity index (χ1v) is 6.64. The van der Waals surface area contributed by atoms with Crippen LogP contribution >= 0.6 is 0 Å².